The molecule has 1 saturated heterocycles. The number of anilines is 1. The van der Waals surface area contributed by atoms with E-state index >= 15 is 0 Å². The maximum Gasteiger partial charge on any atom is 0.230 e. The number of carbonyl (C=O) groups is 1. The molecule has 2 unspecified atom stereocenters. The van der Waals surface area contributed by atoms with Crippen molar-refractivity contribution < 1.29 is 4.79 Å². The fourth-order valence-electron chi connectivity index (χ4n) is 5.12. The highest BCUT2D eigenvalue weighted by Gasteiger charge is 2.36. The molecule has 32 heavy (non-hydrogen) atoms. The quantitative estimate of drug-likeness (QED) is 0.446. The molecular formula is C27H26Cl2N2O. The third-order valence-electron chi connectivity index (χ3n) is 6.79. The van der Waals surface area contributed by atoms with E-state index in [0.29, 0.717) is 18.1 Å². The molecule has 2 aliphatic rings. The van der Waals surface area contributed by atoms with E-state index in [4.69, 9.17) is 23.2 Å². The van der Waals surface area contributed by atoms with Crippen molar-refractivity contribution in [3.8, 4) is 0 Å². The largest absolute Gasteiger partial charge is 0.360 e. The number of hydrogen-bond donors (Lipinski definition) is 0. The number of rotatable bonds is 3. The molecule has 0 bridgehead atoms. The molecule has 5 heteroatoms. The lowest BCUT2D eigenvalue weighted by atomic mass is 9.96. The summed E-state index contributed by atoms with van der Waals surface area (Å²) in [7, 11) is 0. The second-order valence-electron chi connectivity index (χ2n) is 8.79. The highest BCUT2D eigenvalue weighted by molar-refractivity contribution is 6.33. The van der Waals surface area contributed by atoms with Gasteiger partial charge in [-0.1, -0.05) is 65.7 Å². The van der Waals surface area contributed by atoms with Crippen molar-refractivity contribution in [2.45, 2.75) is 31.7 Å². The van der Waals surface area contributed by atoms with Gasteiger partial charge in [-0.2, -0.15) is 0 Å². The van der Waals surface area contributed by atoms with E-state index in [-0.39, 0.29) is 17.9 Å². The van der Waals surface area contributed by atoms with E-state index in [0.717, 1.165) is 41.2 Å². The standard InChI is InChI=1S/C27H26Cl2N2O/c1-18-6-13-25(24(29)16-18)31-15-14-30(17-26(31)20-7-10-21(28)11-8-20)27(32)23-12-9-19-4-2-3-5-22(19)23/h2-8,10-11,13,16,23,26H,9,12,14-15,17H2,1H3. The summed E-state index contributed by atoms with van der Waals surface area (Å²) in [5.74, 6) is 0.204. The molecule has 0 N–H and O–H groups in total. The van der Waals surface area contributed by atoms with Gasteiger partial charge >= 0.3 is 0 Å². The van der Waals surface area contributed by atoms with E-state index in [1.807, 2.05) is 36.1 Å². The fourth-order valence-corrected chi connectivity index (χ4v) is 5.59. The van der Waals surface area contributed by atoms with E-state index in [9.17, 15) is 4.79 Å². The molecule has 2 atom stereocenters. The zero-order chi connectivity index (χ0) is 22.2. The molecule has 0 radical (unpaired) electrons. The smallest absolute Gasteiger partial charge is 0.230 e. The average molecular weight is 465 g/mol. The maximum absolute atomic E-state index is 13.6. The number of amides is 1. The van der Waals surface area contributed by atoms with Crippen LogP contribution in [0.4, 0.5) is 5.69 Å². The molecule has 1 amide bonds. The van der Waals surface area contributed by atoms with Gasteiger partial charge in [-0.3, -0.25) is 4.79 Å². The number of piperazine rings is 1. The van der Waals surface area contributed by atoms with Crippen LogP contribution in [-0.2, 0) is 11.2 Å². The van der Waals surface area contributed by atoms with Crippen molar-refractivity contribution in [2.75, 3.05) is 24.5 Å². The SMILES string of the molecule is Cc1ccc(N2CCN(C(=O)C3CCc4ccccc43)CC2c2ccc(Cl)cc2)c(Cl)c1. The third kappa shape index (κ3) is 4.00. The van der Waals surface area contributed by atoms with E-state index in [1.165, 1.54) is 11.1 Å². The van der Waals surface area contributed by atoms with Crippen LogP contribution in [0.3, 0.4) is 0 Å². The minimum Gasteiger partial charge on any atom is -0.360 e. The molecule has 1 aliphatic carbocycles. The molecule has 5 rings (SSSR count). The Morgan fingerprint density at radius 1 is 0.969 bits per heavy atom. The zero-order valence-electron chi connectivity index (χ0n) is 18.1. The van der Waals surface area contributed by atoms with Crippen LogP contribution in [0, 0.1) is 6.92 Å². The van der Waals surface area contributed by atoms with E-state index < -0.39 is 0 Å². The van der Waals surface area contributed by atoms with Crippen molar-refractivity contribution >= 4 is 34.8 Å². The lowest BCUT2D eigenvalue weighted by Crippen LogP contribution is -2.51. The van der Waals surface area contributed by atoms with Crippen LogP contribution in [0.25, 0.3) is 0 Å². The van der Waals surface area contributed by atoms with E-state index in [2.05, 4.69) is 47.4 Å². The second kappa shape index (κ2) is 8.80. The first kappa shape index (κ1) is 21.4. The zero-order valence-corrected chi connectivity index (χ0v) is 19.6. The van der Waals surface area contributed by atoms with Gasteiger partial charge < -0.3 is 9.80 Å². The number of benzene rings is 3. The molecule has 0 saturated carbocycles. The Morgan fingerprint density at radius 3 is 2.53 bits per heavy atom. The first-order valence-corrected chi connectivity index (χ1v) is 11.9. The van der Waals surface area contributed by atoms with Crippen LogP contribution in [-0.4, -0.2) is 30.4 Å². The minimum atomic E-state index is -0.0356. The van der Waals surface area contributed by atoms with Gasteiger partial charge in [-0.05, 0) is 66.3 Å². The highest BCUT2D eigenvalue weighted by atomic mass is 35.5. The van der Waals surface area contributed by atoms with Gasteiger partial charge in [-0.25, -0.2) is 0 Å². The summed E-state index contributed by atoms with van der Waals surface area (Å²) in [6.07, 6.45) is 1.87. The normalized spacial score (nSPS) is 20.3. The first-order chi connectivity index (χ1) is 15.5. The average Bonchev–Trinajstić information content (AvgIpc) is 3.23. The van der Waals surface area contributed by atoms with Crippen molar-refractivity contribution in [1.82, 2.24) is 4.90 Å². The van der Waals surface area contributed by atoms with Crippen LogP contribution in [0.15, 0.2) is 66.7 Å². The molecule has 3 aromatic rings. The Kier molecular flexibility index (Phi) is 5.88. The van der Waals surface area contributed by atoms with Crippen molar-refractivity contribution in [2.24, 2.45) is 0 Å². The Morgan fingerprint density at radius 2 is 1.75 bits per heavy atom. The van der Waals surface area contributed by atoms with Crippen molar-refractivity contribution in [3.63, 3.8) is 0 Å². The number of halogens is 2. The molecular weight excluding hydrogens is 439 g/mol. The second-order valence-corrected chi connectivity index (χ2v) is 9.63. The van der Waals surface area contributed by atoms with Gasteiger partial charge in [0.1, 0.15) is 0 Å². The summed E-state index contributed by atoms with van der Waals surface area (Å²) in [6.45, 7) is 4.09. The number of nitrogens with zero attached hydrogens (tertiary/aromatic N) is 2. The number of carbonyl (C=O) groups excluding carboxylic acids is 1. The molecule has 0 spiro atoms. The topological polar surface area (TPSA) is 23.6 Å². The Hall–Kier alpha value is -2.49. The molecule has 1 fully saturated rings. The molecule has 3 nitrogen and oxygen atoms in total. The Labute approximate surface area is 199 Å². The monoisotopic (exact) mass is 464 g/mol. The summed E-state index contributed by atoms with van der Waals surface area (Å²) in [6, 6.07) is 22.5. The van der Waals surface area contributed by atoms with Gasteiger partial charge in [0.25, 0.3) is 0 Å². The fraction of sp³-hybridized carbons (Fsp3) is 0.296. The first-order valence-electron chi connectivity index (χ1n) is 11.2. The number of aryl methyl sites for hydroxylation is 2. The third-order valence-corrected chi connectivity index (χ3v) is 7.35. The lowest BCUT2D eigenvalue weighted by molar-refractivity contribution is -0.133. The predicted molar refractivity (Wildman–Crippen MR) is 132 cm³/mol. The summed E-state index contributed by atoms with van der Waals surface area (Å²) in [5, 5.41) is 1.45. The van der Waals surface area contributed by atoms with Gasteiger partial charge in [0, 0.05) is 24.7 Å². The van der Waals surface area contributed by atoms with Crippen molar-refractivity contribution in [3.05, 3.63) is 99.0 Å². The number of fused-ring (bicyclic) bond motifs is 1. The molecule has 164 valence electrons. The van der Waals surface area contributed by atoms with Gasteiger partial charge in [-0.15, -0.1) is 0 Å². The summed E-state index contributed by atoms with van der Waals surface area (Å²) >= 11 is 12.8. The Balaban J connectivity index is 1.45. The van der Waals surface area contributed by atoms with Crippen LogP contribution in [0.2, 0.25) is 10.0 Å². The summed E-state index contributed by atoms with van der Waals surface area (Å²) in [5.41, 5.74) is 5.79. The predicted octanol–water partition coefficient (Wildman–Crippen LogP) is 6.42. The highest BCUT2D eigenvalue weighted by Crippen LogP contribution is 2.39. The number of hydrogen-bond acceptors (Lipinski definition) is 2. The minimum absolute atomic E-state index is 0.0156. The molecule has 3 aromatic carbocycles. The van der Waals surface area contributed by atoms with Crippen LogP contribution >= 0.6 is 23.2 Å². The van der Waals surface area contributed by atoms with Crippen LogP contribution in [0.1, 0.15) is 40.6 Å². The van der Waals surface area contributed by atoms with Crippen molar-refractivity contribution in [1.29, 1.82) is 0 Å². The summed E-state index contributed by atoms with van der Waals surface area (Å²) < 4.78 is 0. The van der Waals surface area contributed by atoms with Crippen LogP contribution in [0.5, 0.6) is 0 Å². The molecule has 0 aromatic heterocycles. The van der Waals surface area contributed by atoms with E-state index in [1.54, 1.807) is 0 Å². The Bertz CT molecular complexity index is 1140. The van der Waals surface area contributed by atoms with Gasteiger partial charge in [0.2, 0.25) is 5.91 Å². The van der Waals surface area contributed by atoms with Crippen LogP contribution < -0.4 is 4.90 Å². The lowest BCUT2D eigenvalue weighted by Gasteiger charge is -2.44. The van der Waals surface area contributed by atoms with Gasteiger partial charge in [0.05, 0.1) is 22.7 Å². The molecule has 1 aliphatic heterocycles. The maximum atomic E-state index is 13.6. The molecule has 1 heterocycles. The summed E-state index contributed by atoms with van der Waals surface area (Å²) in [4.78, 5) is 18.0. The van der Waals surface area contributed by atoms with Gasteiger partial charge in [0.15, 0.2) is 0 Å².